The molecule has 2 aromatic carbocycles. The van der Waals surface area contributed by atoms with Gasteiger partial charge in [0, 0.05) is 11.3 Å². The zero-order valence-corrected chi connectivity index (χ0v) is 18.0. The van der Waals surface area contributed by atoms with Crippen LogP contribution >= 0.6 is 11.8 Å². The van der Waals surface area contributed by atoms with Crippen molar-refractivity contribution in [3.8, 4) is 0 Å². The fraction of sp³-hybridized carbons (Fsp3) is 0.227. The maximum atomic E-state index is 14.0. The monoisotopic (exact) mass is 430 g/mol. The summed E-state index contributed by atoms with van der Waals surface area (Å²) in [5.41, 5.74) is 3.06. The standard InChI is InChI=1S/C22H23FN2O4S/c1-14-5-7-17(18(23)9-14)12-29-20(11-21(26)30-4)25-13-24-19-10-16(22(27)28-3)8-6-15(19)2/h5-11,13H,12H2,1-4H3,(H,24,25)/b20-11+. The molecule has 8 heteroatoms. The number of aliphatic imine (C=N–C) groups is 1. The molecular formula is C22H23FN2O4S. The van der Waals surface area contributed by atoms with Gasteiger partial charge in [-0.25, -0.2) is 14.2 Å². The Labute approximate surface area is 179 Å². The number of rotatable bonds is 8. The maximum absolute atomic E-state index is 14.0. The number of hydrogen-bond acceptors (Lipinski definition) is 6. The number of carbonyl (C=O) groups is 2. The van der Waals surface area contributed by atoms with Gasteiger partial charge in [-0.1, -0.05) is 30.0 Å². The molecule has 0 aliphatic carbocycles. The first-order valence-electron chi connectivity index (χ1n) is 8.99. The second kappa shape index (κ2) is 11.2. The van der Waals surface area contributed by atoms with E-state index in [1.165, 1.54) is 25.6 Å². The summed E-state index contributed by atoms with van der Waals surface area (Å²) in [6.07, 6.45) is 4.21. The Bertz CT molecular complexity index is 989. The number of aryl methyl sites for hydroxylation is 2. The molecule has 0 aliphatic rings. The van der Waals surface area contributed by atoms with Crippen LogP contribution in [-0.2, 0) is 20.9 Å². The fourth-order valence-corrected chi connectivity index (χ4v) is 2.60. The van der Waals surface area contributed by atoms with Gasteiger partial charge < -0.3 is 14.8 Å². The van der Waals surface area contributed by atoms with E-state index in [1.807, 2.05) is 6.92 Å². The summed E-state index contributed by atoms with van der Waals surface area (Å²) in [7, 11) is 1.31. The number of thioether (sulfide) groups is 1. The first kappa shape index (κ1) is 23.2. The van der Waals surface area contributed by atoms with Gasteiger partial charge in [-0.3, -0.25) is 4.79 Å². The molecule has 0 aromatic heterocycles. The Morgan fingerprint density at radius 3 is 2.63 bits per heavy atom. The highest BCUT2D eigenvalue weighted by molar-refractivity contribution is 8.13. The molecule has 0 fully saturated rings. The minimum Gasteiger partial charge on any atom is -0.473 e. The molecule has 0 spiro atoms. The number of benzene rings is 2. The van der Waals surface area contributed by atoms with Crippen LogP contribution in [0.5, 0.6) is 0 Å². The molecule has 0 saturated heterocycles. The van der Waals surface area contributed by atoms with Crippen molar-refractivity contribution < 1.29 is 23.5 Å². The normalized spacial score (nSPS) is 11.4. The van der Waals surface area contributed by atoms with E-state index in [9.17, 15) is 14.0 Å². The first-order chi connectivity index (χ1) is 14.3. The molecular weight excluding hydrogens is 407 g/mol. The molecule has 0 radical (unpaired) electrons. The number of hydrogen-bond donors (Lipinski definition) is 1. The van der Waals surface area contributed by atoms with Crippen LogP contribution < -0.4 is 5.32 Å². The Hall–Kier alpha value is -3.13. The quantitative estimate of drug-likeness (QED) is 0.217. The summed E-state index contributed by atoms with van der Waals surface area (Å²) in [5, 5.41) is 2.70. The lowest BCUT2D eigenvalue weighted by Crippen LogP contribution is -2.05. The van der Waals surface area contributed by atoms with Crippen LogP contribution in [-0.4, -0.2) is 30.8 Å². The summed E-state index contributed by atoms with van der Waals surface area (Å²) in [6, 6.07) is 9.88. The molecule has 158 valence electrons. The van der Waals surface area contributed by atoms with Crippen LogP contribution in [0.1, 0.15) is 27.0 Å². The average molecular weight is 431 g/mol. The Morgan fingerprint density at radius 1 is 1.20 bits per heavy atom. The predicted molar refractivity (Wildman–Crippen MR) is 117 cm³/mol. The van der Waals surface area contributed by atoms with E-state index in [-0.39, 0.29) is 23.4 Å². The van der Waals surface area contributed by atoms with Crippen molar-refractivity contribution in [2.45, 2.75) is 20.5 Å². The number of anilines is 1. The van der Waals surface area contributed by atoms with Gasteiger partial charge in [0.2, 0.25) is 11.0 Å². The van der Waals surface area contributed by atoms with Gasteiger partial charge in [-0.2, -0.15) is 0 Å². The largest absolute Gasteiger partial charge is 0.473 e. The Morgan fingerprint density at radius 2 is 1.97 bits per heavy atom. The highest BCUT2D eigenvalue weighted by Gasteiger charge is 2.08. The summed E-state index contributed by atoms with van der Waals surface area (Å²) in [4.78, 5) is 27.6. The van der Waals surface area contributed by atoms with Crippen molar-refractivity contribution >= 4 is 34.9 Å². The average Bonchev–Trinajstić information content (AvgIpc) is 2.73. The number of carbonyl (C=O) groups excluding carboxylic acids is 2. The van der Waals surface area contributed by atoms with Crippen molar-refractivity contribution in [3.05, 3.63) is 76.4 Å². The Kier molecular flexibility index (Phi) is 8.61. The molecule has 2 rings (SSSR count). The van der Waals surface area contributed by atoms with Gasteiger partial charge in [0.05, 0.1) is 25.1 Å². The maximum Gasteiger partial charge on any atom is 0.337 e. The molecule has 0 atom stereocenters. The van der Waals surface area contributed by atoms with E-state index in [4.69, 9.17) is 9.47 Å². The molecule has 0 bridgehead atoms. The van der Waals surface area contributed by atoms with Gasteiger partial charge in [-0.15, -0.1) is 0 Å². The molecule has 6 nitrogen and oxygen atoms in total. The summed E-state index contributed by atoms with van der Waals surface area (Å²) in [6.45, 7) is 3.58. The zero-order chi connectivity index (χ0) is 22.1. The third kappa shape index (κ3) is 6.73. The summed E-state index contributed by atoms with van der Waals surface area (Å²) in [5.74, 6) is -0.809. The topological polar surface area (TPSA) is 77.0 Å². The minimum absolute atomic E-state index is 0.0311. The van der Waals surface area contributed by atoms with Gasteiger partial charge in [-0.05, 0) is 49.4 Å². The summed E-state index contributed by atoms with van der Waals surface area (Å²) < 4.78 is 24.3. The van der Waals surface area contributed by atoms with E-state index in [0.717, 1.165) is 22.9 Å². The van der Waals surface area contributed by atoms with Crippen molar-refractivity contribution in [1.82, 2.24) is 0 Å². The fourth-order valence-electron chi connectivity index (χ4n) is 2.38. The van der Waals surface area contributed by atoms with Gasteiger partial charge in [0.1, 0.15) is 12.4 Å². The highest BCUT2D eigenvalue weighted by Crippen LogP contribution is 2.18. The molecule has 1 N–H and O–H groups in total. The zero-order valence-electron chi connectivity index (χ0n) is 17.2. The van der Waals surface area contributed by atoms with E-state index in [1.54, 1.807) is 43.5 Å². The van der Waals surface area contributed by atoms with Gasteiger partial charge >= 0.3 is 5.97 Å². The number of esters is 1. The molecule has 0 amide bonds. The van der Waals surface area contributed by atoms with Gasteiger partial charge in [0.25, 0.3) is 0 Å². The third-order valence-electron chi connectivity index (χ3n) is 4.10. The number of nitrogens with zero attached hydrogens (tertiary/aromatic N) is 1. The highest BCUT2D eigenvalue weighted by atomic mass is 32.2. The second-order valence-electron chi connectivity index (χ2n) is 6.31. The number of nitrogens with one attached hydrogen (secondary N) is 1. The van der Waals surface area contributed by atoms with Crippen LogP contribution in [0.25, 0.3) is 0 Å². The second-order valence-corrected chi connectivity index (χ2v) is 7.12. The molecule has 2 aromatic rings. The van der Waals surface area contributed by atoms with E-state index < -0.39 is 5.97 Å². The van der Waals surface area contributed by atoms with Crippen molar-refractivity contribution in [2.24, 2.45) is 4.99 Å². The summed E-state index contributed by atoms with van der Waals surface area (Å²) >= 11 is 1.00. The van der Waals surface area contributed by atoms with Crippen molar-refractivity contribution in [2.75, 3.05) is 18.7 Å². The van der Waals surface area contributed by atoms with E-state index in [0.29, 0.717) is 16.8 Å². The predicted octanol–water partition coefficient (Wildman–Crippen LogP) is 4.62. The molecule has 0 unspecified atom stereocenters. The van der Waals surface area contributed by atoms with Crippen molar-refractivity contribution in [3.63, 3.8) is 0 Å². The van der Waals surface area contributed by atoms with Crippen LogP contribution in [0.15, 0.2) is 53.3 Å². The van der Waals surface area contributed by atoms with E-state index >= 15 is 0 Å². The SMILES string of the molecule is COC(=O)c1ccc(C)c(N/C=N\C(=C/C(=O)SC)OCc2ccc(C)cc2F)c1. The lowest BCUT2D eigenvalue weighted by Gasteiger charge is -2.09. The lowest BCUT2D eigenvalue weighted by molar-refractivity contribution is -0.107. The molecule has 0 aliphatic heterocycles. The van der Waals surface area contributed by atoms with Gasteiger partial charge in [0.15, 0.2) is 0 Å². The van der Waals surface area contributed by atoms with Crippen LogP contribution in [0.3, 0.4) is 0 Å². The molecule has 0 heterocycles. The number of ether oxygens (including phenoxy) is 2. The van der Waals surface area contributed by atoms with Crippen LogP contribution in [0.4, 0.5) is 10.1 Å². The smallest absolute Gasteiger partial charge is 0.337 e. The minimum atomic E-state index is -0.454. The van der Waals surface area contributed by atoms with Crippen molar-refractivity contribution in [1.29, 1.82) is 0 Å². The van der Waals surface area contributed by atoms with Crippen LogP contribution in [0.2, 0.25) is 0 Å². The van der Waals surface area contributed by atoms with E-state index in [2.05, 4.69) is 10.3 Å². The van der Waals surface area contributed by atoms with Crippen LogP contribution in [0, 0.1) is 19.7 Å². The number of halogens is 1. The Balaban J connectivity index is 2.14. The molecule has 30 heavy (non-hydrogen) atoms. The third-order valence-corrected chi connectivity index (χ3v) is 4.62. The molecule has 0 saturated carbocycles. The first-order valence-corrected chi connectivity index (χ1v) is 10.2. The lowest BCUT2D eigenvalue weighted by atomic mass is 10.1. The number of methoxy groups -OCH3 is 1.